The Morgan fingerprint density at radius 1 is 0.746 bits per heavy atom. The number of pyridine rings is 2. The second-order valence-electron chi connectivity index (χ2n) is 15.6. The number of rotatable bonds is 6. The predicted octanol–water partition coefficient (Wildman–Crippen LogP) is 5.11. The van der Waals surface area contributed by atoms with Crippen molar-refractivity contribution in [2.24, 2.45) is 11.8 Å². The number of piperidine rings is 2. The Kier molecular flexibility index (Phi) is 11.6. The second kappa shape index (κ2) is 17.0. The summed E-state index contributed by atoms with van der Waals surface area (Å²) in [4.78, 5) is 60.2. The number of hydrogen-bond donors (Lipinski definition) is 2. The van der Waals surface area contributed by atoms with Crippen LogP contribution < -0.4 is 0 Å². The van der Waals surface area contributed by atoms with Gasteiger partial charge in [0, 0.05) is 70.7 Å². The summed E-state index contributed by atoms with van der Waals surface area (Å²) in [5.74, 6) is 6.79. The number of halogens is 1. The number of carbonyl (C=O) groups is 4. The fraction of sp³-hybridized carbons (Fsp3) is 0.292. The molecule has 4 fully saturated rings. The third kappa shape index (κ3) is 7.81. The molecule has 4 aliphatic rings. The van der Waals surface area contributed by atoms with Gasteiger partial charge in [-0.25, -0.2) is 19.6 Å². The molecule has 2 N–H and O–H groups in total. The Bertz CT molecular complexity index is 2930. The van der Waals surface area contributed by atoms with Gasteiger partial charge >= 0.3 is 11.9 Å². The summed E-state index contributed by atoms with van der Waals surface area (Å²) in [7, 11) is 3.39. The van der Waals surface area contributed by atoms with Crippen LogP contribution in [0.5, 0.6) is 0 Å². The van der Waals surface area contributed by atoms with Crippen LogP contribution in [0.15, 0.2) is 97.3 Å². The molecule has 2 saturated carbocycles. The zero-order chi connectivity index (χ0) is 44.8. The van der Waals surface area contributed by atoms with Crippen LogP contribution in [0.25, 0.3) is 33.5 Å². The van der Waals surface area contributed by atoms with Crippen LogP contribution in [0.1, 0.15) is 53.5 Å². The molecule has 63 heavy (non-hydrogen) atoms. The quantitative estimate of drug-likeness (QED) is 0.130. The van der Waals surface area contributed by atoms with Crippen molar-refractivity contribution in [1.82, 2.24) is 28.6 Å². The van der Waals surface area contributed by atoms with Gasteiger partial charge < -0.3 is 29.5 Å². The fourth-order valence-corrected chi connectivity index (χ4v) is 8.86. The van der Waals surface area contributed by atoms with Gasteiger partial charge in [-0.3, -0.25) is 18.4 Å². The number of benzene rings is 2. The number of likely N-dealkylation sites (N-methyl/N-ethyl adjacent to an activating group) is 2. The van der Waals surface area contributed by atoms with Gasteiger partial charge in [0.1, 0.15) is 0 Å². The summed E-state index contributed by atoms with van der Waals surface area (Å²) < 4.78 is 14.8. The van der Waals surface area contributed by atoms with E-state index in [1.54, 1.807) is 52.7 Å². The molecule has 6 atom stereocenters. The summed E-state index contributed by atoms with van der Waals surface area (Å²) in [6.45, 7) is 4.13. The van der Waals surface area contributed by atoms with E-state index in [0.717, 1.165) is 44.3 Å². The third-order valence-corrected chi connectivity index (χ3v) is 12.4. The van der Waals surface area contributed by atoms with E-state index in [2.05, 4.69) is 50.3 Å². The fourth-order valence-electron chi connectivity index (χ4n) is 8.32. The van der Waals surface area contributed by atoms with Gasteiger partial charge in [0.05, 0.1) is 35.6 Å². The number of terminal acetylenes is 1. The molecule has 2 saturated heterocycles. The Hall–Kier alpha value is -6.53. The van der Waals surface area contributed by atoms with Gasteiger partial charge in [0.25, 0.3) is 11.8 Å². The Morgan fingerprint density at radius 2 is 1.24 bits per heavy atom. The number of esters is 2. The Morgan fingerprint density at radius 3 is 1.68 bits per heavy atom. The van der Waals surface area contributed by atoms with E-state index < -0.39 is 23.1 Å². The number of carbonyl (C=O) groups excluding carboxylic acids is 4. The summed E-state index contributed by atoms with van der Waals surface area (Å²) in [6.07, 6.45) is 10.3. The molecule has 2 amide bonds. The lowest BCUT2D eigenvalue weighted by Gasteiger charge is -2.18. The van der Waals surface area contributed by atoms with E-state index in [-0.39, 0.29) is 48.2 Å². The van der Waals surface area contributed by atoms with Crippen molar-refractivity contribution in [3.05, 3.63) is 118 Å². The normalized spacial score (nSPS) is 23.6. The van der Waals surface area contributed by atoms with E-state index in [1.807, 2.05) is 91.1 Å². The molecule has 14 nitrogen and oxygen atoms in total. The maximum Gasteiger partial charge on any atom is 0.374 e. The molecular formula is C48H43IN6O8. The van der Waals surface area contributed by atoms with Crippen LogP contribution in [-0.4, -0.2) is 113 Å². The van der Waals surface area contributed by atoms with Crippen molar-refractivity contribution >= 4 is 57.4 Å². The van der Waals surface area contributed by atoms with E-state index in [4.69, 9.17) is 15.9 Å². The standard InChI is InChI=1S/C24H21N3O4.C16H13IN2O2.C8H9NO2/c1-3-31-22(28)21-25-20(18-9-4-5-12-27(18)21)16-8-6-7-15(13-16)10-11-24(30)17-14-19(17)26(2)23(24)29;1-2-21-16(20)15-18-14(11-6-5-7-12(17)10-11)13-8-3-4-9-19(13)15;1-3-8(11)5-4-6(5)9(2)7(8)10/h4-9,12-13,17,19,30H,3,14H2,1-2H3;3-10H,2H2,1H3;1,5-6,11H,4H2,2H3. The summed E-state index contributed by atoms with van der Waals surface area (Å²) in [6, 6.07) is 27.1. The molecule has 0 radical (unpaired) electrons. The van der Waals surface area contributed by atoms with Crippen LogP contribution in [0.2, 0.25) is 0 Å². The molecule has 10 rings (SSSR count). The van der Waals surface area contributed by atoms with Gasteiger partial charge in [-0.15, -0.1) is 6.42 Å². The Balaban J connectivity index is 0.000000146. The monoisotopic (exact) mass is 958 g/mol. The summed E-state index contributed by atoms with van der Waals surface area (Å²) in [5, 5.41) is 20.4. The van der Waals surface area contributed by atoms with Gasteiger partial charge in [0.15, 0.2) is 0 Å². The van der Waals surface area contributed by atoms with Crippen LogP contribution in [0.3, 0.4) is 0 Å². The van der Waals surface area contributed by atoms with Crippen molar-refractivity contribution < 1.29 is 38.9 Å². The van der Waals surface area contributed by atoms with Crippen molar-refractivity contribution in [2.75, 3.05) is 27.3 Å². The van der Waals surface area contributed by atoms with Gasteiger partial charge in [-0.05, 0) is 97.8 Å². The maximum atomic E-state index is 12.4. The van der Waals surface area contributed by atoms with Gasteiger partial charge in [0.2, 0.25) is 22.9 Å². The number of ether oxygens (including phenoxy) is 2. The minimum absolute atomic E-state index is 0.00926. The van der Waals surface area contributed by atoms with E-state index in [0.29, 0.717) is 23.7 Å². The molecule has 6 unspecified atom stereocenters. The smallest absolute Gasteiger partial charge is 0.374 e. The number of amides is 2. The average Bonchev–Trinajstić information content (AvgIpc) is 4.18. The molecule has 0 spiro atoms. The lowest BCUT2D eigenvalue weighted by Crippen LogP contribution is -2.41. The lowest BCUT2D eigenvalue weighted by atomic mass is 9.98. The van der Waals surface area contributed by atoms with Crippen molar-refractivity contribution in [2.45, 2.75) is 50.0 Å². The number of aliphatic hydroxyl groups is 2. The first-order chi connectivity index (χ1) is 30.2. The zero-order valence-corrected chi connectivity index (χ0v) is 37.0. The van der Waals surface area contributed by atoms with Crippen molar-refractivity contribution in [1.29, 1.82) is 0 Å². The van der Waals surface area contributed by atoms with Crippen molar-refractivity contribution in [3.8, 4) is 46.7 Å². The lowest BCUT2D eigenvalue weighted by molar-refractivity contribution is -0.141. The molecule has 4 aromatic heterocycles. The molecule has 2 aliphatic heterocycles. The number of nitrogens with zero attached hydrogens (tertiary/aromatic N) is 6. The molecule has 0 bridgehead atoms. The first-order valence-electron chi connectivity index (χ1n) is 20.4. The first kappa shape index (κ1) is 43.1. The summed E-state index contributed by atoms with van der Waals surface area (Å²) >= 11 is 2.26. The van der Waals surface area contributed by atoms with E-state index >= 15 is 0 Å². The SMILES string of the molecule is C#CC1(O)C(=O)N(C)C2CC21.CCOC(=O)c1nc(-c2cccc(C#CC3(O)C(=O)N(C)C4CC43)c2)c2ccccn12.CCOC(=O)c1nc(-c2cccc(I)c2)c2ccccn12. The second-order valence-corrected chi connectivity index (χ2v) is 16.8. The number of likely N-dealkylation sites (tertiary alicyclic amines) is 2. The highest BCUT2D eigenvalue weighted by atomic mass is 127. The molecule has 15 heteroatoms. The Labute approximate surface area is 377 Å². The van der Waals surface area contributed by atoms with Crippen LogP contribution in [0, 0.1) is 39.6 Å². The van der Waals surface area contributed by atoms with Crippen molar-refractivity contribution in [3.63, 3.8) is 0 Å². The molecule has 6 heterocycles. The van der Waals surface area contributed by atoms with Gasteiger partial charge in [-0.2, -0.15) is 0 Å². The highest BCUT2D eigenvalue weighted by molar-refractivity contribution is 14.1. The highest BCUT2D eigenvalue weighted by Gasteiger charge is 2.66. The molecular weight excluding hydrogens is 915 g/mol. The number of hydrogen-bond acceptors (Lipinski definition) is 10. The maximum absolute atomic E-state index is 12.4. The van der Waals surface area contributed by atoms with E-state index in [9.17, 15) is 29.4 Å². The minimum Gasteiger partial charge on any atom is -0.460 e. The molecule has 2 aliphatic carbocycles. The van der Waals surface area contributed by atoms with Crippen LogP contribution in [0.4, 0.5) is 0 Å². The molecule has 2 aromatic carbocycles. The van der Waals surface area contributed by atoms with Crippen LogP contribution >= 0.6 is 22.6 Å². The third-order valence-electron chi connectivity index (χ3n) is 11.7. The largest absolute Gasteiger partial charge is 0.460 e. The van der Waals surface area contributed by atoms with Crippen LogP contribution in [-0.2, 0) is 19.1 Å². The zero-order valence-electron chi connectivity index (χ0n) is 34.9. The number of fused-ring (bicyclic) bond motifs is 4. The highest BCUT2D eigenvalue weighted by Crippen LogP contribution is 2.51. The van der Waals surface area contributed by atoms with E-state index in [1.165, 1.54) is 0 Å². The summed E-state index contributed by atoms with van der Waals surface area (Å²) in [5.41, 5.74) is 2.39. The topological polar surface area (TPSA) is 168 Å². The van der Waals surface area contributed by atoms with Gasteiger partial charge in [-0.1, -0.05) is 54.2 Å². The predicted molar refractivity (Wildman–Crippen MR) is 241 cm³/mol. The minimum atomic E-state index is -1.62. The molecule has 320 valence electrons. The first-order valence-corrected chi connectivity index (χ1v) is 21.5. The number of imidazole rings is 2. The molecule has 6 aromatic rings. The average molecular weight is 959 g/mol. The number of aromatic nitrogens is 4.